The fourth-order valence-electron chi connectivity index (χ4n) is 1.07. The van der Waals surface area contributed by atoms with Crippen LogP contribution in [-0.2, 0) is 4.79 Å². The summed E-state index contributed by atoms with van der Waals surface area (Å²) in [4.78, 5) is 21.4. The molecule has 5 heteroatoms. The van der Waals surface area contributed by atoms with Gasteiger partial charge in [0, 0.05) is 13.0 Å². The molecule has 0 aliphatic heterocycles. The normalized spacial score (nSPS) is 11.2. The minimum Gasteiger partial charge on any atom is -0.481 e. The molecule has 0 saturated carbocycles. The van der Waals surface area contributed by atoms with Crippen LogP contribution in [0.2, 0.25) is 0 Å². The highest BCUT2D eigenvalue weighted by Crippen LogP contribution is 1.93. The molecular formula is C11H18N2O3. The molecule has 0 aromatic rings. The van der Waals surface area contributed by atoms with Gasteiger partial charge in [0.2, 0.25) is 0 Å². The van der Waals surface area contributed by atoms with E-state index < -0.39 is 5.97 Å². The predicted molar refractivity (Wildman–Crippen MR) is 60.9 cm³/mol. The number of carboxylic acid groups (broad SMARTS) is 1. The Morgan fingerprint density at radius 3 is 2.62 bits per heavy atom. The van der Waals surface area contributed by atoms with Crippen molar-refractivity contribution in [2.45, 2.75) is 38.6 Å². The molecule has 0 aromatic carbocycles. The number of unbranched alkanes of at least 4 members (excludes halogenated alkanes) is 1. The van der Waals surface area contributed by atoms with E-state index in [0.717, 1.165) is 0 Å². The molecule has 0 aliphatic rings. The van der Waals surface area contributed by atoms with E-state index in [9.17, 15) is 9.59 Å². The lowest BCUT2D eigenvalue weighted by Gasteiger charge is -2.11. The highest BCUT2D eigenvalue weighted by molar-refractivity contribution is 5.74. The van der Waals surface area contributed by atoms with Crippen LogP contribution in [0.25, 0.3) is 0 Å². The Morgan fingerprint density at radius 1 is 1.44 bits per heavy atom. The molecule has 2 amide bonds. The predicted octanol–water partition coefficient (Wildman–Crippen LogP) is 0.952. The van der Waals surface area contributed by atoms with Gasteiger partial charge in [-0.15, -0.1) is 6.42 Å². The number of amides is 2. The van der Waals surface area contributed by atoms with Crippen LogP contribution in [0.1, 0.15) is 32.6 Å². The lowest BCUT2D eigenvalue weighted by molar-refractivity contribution is -0.137. The first kappa shape index (κ1) is 14.3. The molecule has 0 spiro atoms. The van der Waals surface area contributed by atoms with E-state index in [1.54, 1.807) is 0 Å². The van der Waals surface area contributed by atoms with Crippen LogP contribution in [-0.4, -0.2) is 29.7 Å². The van der Waals surface area contributed by atoms with Crippen LogP contribution in [0, 0.1) is 12.3 Å². The molecule has 0 bridgehead atoms. The van der Waals surface area contributed by atoms with Crippen molar-refractivity contribution in [1.29, 1.82) is 0 Å². The zero-order valence-corrected chi connectivity index (χ0v) is 9.45. The van der Waals surface area contributed by atoms with Crippen molar-refractivity contribution in [2.24, 2.45) is 0 Å². The second-order valence-corrected chi connectivity index (χ2v) is 3.38. The summed E-state index contributed by atoms with van der Waals surface area (Å²) in [5, 5.41) is 13.6. The number of carboxylic acids is 1. The third-order valence-electron chi connectivity index (χ3n) is 2.02. The minimum atomic E-state index is -0.817. The van der Waals surface area contributed by atoms with E-state index >= 15 is 0 Å². The quantitative estimate of drug-likeness (QED) is 0.447. The summed E-state index contributed by atoms with van der Waals surface area (Å²) in [5.41, 5.74) is 0. The van der Waals surface area contributed by atoms with E-state index in [1.807, 2.05) is 6.92 Å². The zero-order valence-electron chi connectivity index (χ0n) is 9.45. The van der Waals surface area contributed by atoms with Crippen LogP contribution in [0.4, 0.5) is 4.79 Å². The van der Waals surface area contributed by atoms with Crippen LogP contribution in [0.5, 0.6) is 0 Å². The maximum Gasteiger partial charge on any atom is 0.315 e. The van der Waals surface area contributed by atoms with Gasteiger partial charge in [-0.3, -0.25) is 4.79 Å². The van der Waals surface area contributed by atoms with Crippen molar-refractivity contribution in [3.63, 3.8) is 0 Å². The van der Waals surface area contributed by atoms with Crippen molar-refractivity contribution in [3.8, 4) is 12.3 Å². The van der Waals surface area contributed by atoms with Gasteiger partial charge >= 0.3 is 12.0 Å². The Balaban J connectivity index is 3.51. The van der Waals surface area contributed by atoms with Crippen molar-refractivity contribution in [1.82, 2.24) is 10.6 Å². The SMILES string of the molecule is C#CC(CC)NC(=O)NCCCCC(=O)O. The molecule has 0 fully saturated rings. The van der Waals surface area contributed by atoms with Gasteiger partial charge in [0.1, 0.15) is 0 Å². The molecular weight excluding hydrogens is 208 g/mol. The summed E-state index contributed by atoms with van der Waals surface area (Å²) in [6.45, 7) is 2.35. The smallest absolute Gasteiger partial charge is 0.315 e. The van der Waals surface area contributed by atoms with E-state index in [-0.39, 0.29) is 18.5 Å². The fraction of sp³-hybridized carbons (Fsp3) is 0.636. The Hall–Kier alpha value is -1.70. The largest absolute Gasteiger partial charge is 0.481 e. The molecule has 16 heavy (non-hydrogen) atoms. The van der Waals surface area contributed by atoms with Gasteiger partial charge in [-0.2, -0.15) is 0 Å². The summed E-state index contributed by atoms with van der Waals surface area (Å²) in [6.07, 6.45) is 7.20. The summed E-state index contributed by atoms with van der Waals surface area (Å²) >= 11 is 0. The first-order chi connectivity index (χ1) is 7.60. The average Bonchev–Trinajstić information content (AvgIpc) is 2.25. The van der Waals surface area contributed by atoms with E-state index in [2.05, 4.69) is 16.6 Å². The molecule has 0 aromatic heterocycles. The van der Waals surface area contributed by atoms with Gasteiger partial charge in [-0.1, -0.05) is 12.8 Å². The summed E-state index contributed by atoms with van der Waals surface area (Å²) in [7, 11) is 0. The highest BCUT2D eigenvalue weighted by atomic mass is 16.4. The van der Waals surface area contributed by atoms with Gasteiger partial charge in [0.15, 0.2) is 0 Å². The number of urea groups is 1. The fourth-order valence-corrected chi connectivity index (χ4v) is 1.07. The standard InChI is InChI=1S/C11H18N2O3/c1-3-9(4-2)13-11(16)12-8-6-5-7-10(14)15/h1,9H,4-8H2,2H3,(H,14,15)(H2,12,13,16). The first-order valence-corrected chi connectivity index (χ1v) is 5.32. The molecule has 0 radical (unpaired) electrons. The molecule has 0 heterocycles. The lowest BCUT2D eigenvalue weighted by atomic mass is 10.2. The minimum absolute atomic E-state index is 0.130. The third-order valence-corrected chi connectivity index (χ3v) is 2.02. The maximum absolute atomic E-state index is 11.2. The van der Waals surface area contributed by atoms with Gasteiger partial charge < -0.3 is 15.7 Å². The number of hydrogen-bond donors (Lipinski definition) is 3. The number of aliphatic carboxylic acids is 1. The third kappa shape index (κ3) is 7.68. The molecule has 1 atom stereocenters. The van der Waals surface area contributed by atoms with Crippen molar-refractivity contribution in [3.05, 3.63) is 0 Å². The van der Waals surface area contributed by atoms with Crippen LogP contribution in [0.3, 0.4) is 0 Å². The van der Waals surface area contributed by atoms with Gasteiger partial charge in [-0.25, -0.2) is 4.79 Å². The Labute approximate surface area is 95.6 Å². The lowest BCUT2D eigenvalue weighted by Crippen LogP contribution is -2.41. The number of terminal acetylenes is 1. The van der Waals surface area contributed by atoms with E-state index in [4.69, 9.17) is 11.5 Å². The Kier molecular flexibility index (Phi) is 7.68. The van der Waals surface area contributed by atoms with Crippen LogP contribution >= 0.6 is 0 Å². The molecule has 0 rings (SSSR count). The number of nitrogens with one attached hydrogen (secondary N) is 2. The zero-order chi connectivity index (χ0) is 12.4. The van der Waals surface area contributed by atoms with Crippen molar-refractivity contribution in [2.75, 3.05) is 6.54 Å². The van der Waals surface area contributed by atoms with Gasteiger partial charge in [0.25, 0.3) is 0 Å². The topological polar surface area (TPSA) is 78.4 Å². The first-order valence-electron chi connectivity index (χ1n) is 5.32. The second kappa shape index (κ2) is 8.60. The van der Waals surface area contributed by atoms with Gasteiger partial charge in [0.05, 0.1) is 6.04 Å². The van der Waals surface area contributed by atoms with E-state index in [1.165, 1.54) is 0 Å². The number of carbonyl (C=O) groups is 2. The van der Waals surface area contributed by atoms with Crippen LogP contribution < -0.4 is 10.6 Å². The molecule has 90 valence electrons. The molecule has 1 unspecified atom stereocenters. The second-order valence-electron chi connectivity index (χ2n) is 3.38. The van der Waals surface area contributed by atoms with Gasteiger partial charge in [-0.05, 0) is 19.3 Å². The molecule has 0 saturated heterocycles. The number of rotatable bonds is 7. The van der Waals surface area contributed by atoms with Crippen molar-refractivity contribution < 1.29 is 14.7 Å². The summed E-state index contributed by atoms with van der Waals surface area (Å²) in [6, 6.07) is -0.556. The van der Waals surface area contributed by atoms with Crippen LogP contribution in [0.15, 0.2) is 0 Å². The summed E-state index contributed by atoms with van der Waals surface area (Å²) in [5.74, 6) is 1.63. The van der Waals surface area contributed by atoms with Crippen molar-refractivity contribution >= 4 is 12.0 Å². The van der Waals surface area contributed by atoms with E-state index in [0.29, 0.717) is 25.8 Å². The Morgan fingerprint density at radius 2 is 2.12 bits per heavy atom. The highest BCUT2D eigenvalue weighted by Gasteiger charge is 2.05. The number of carbonyl (C=O) groups excluding carboxylic acids is 1. The molecule has 0 aliphatic carbocycles. The summed E-state index contributed by atoms with van der Waals surface area (Å²) < 4.78 is 0. The molecule has 3 N–H and O–H groups in total. The molecule has 5 nitrogen and oxygen atoms in total. The number of hydrogen-bond acceptors (Lipinski definition) is 2. The Bertz CT molecular complexity index is 271. The monoisotopic (exact) mass is 226 g/mol. The maximum atomic E-state index is 11.2. The average molecular weight is 226 g/mol.